The van der Waals surface area contributed by atoms with Crippen molar-refractivity contribution < 1.29 is 0 Å². The summed E-state index contributed by atoms with van der Waals surface area (Å²) < 4.78 is 3.28. The lowest BCUT2D eigenvalue weighted by molar-refractivity contribution is 0.250. The predicted octanol–water partition coefficient (Wildman–Crippen LogP) is 3.21. The molecule has 2 aromatic heterocycles. The molecule has 2 aromatic rings. The molecule has 0 aliphatic carbocycles. The van der Waals surface area contributed by atoms with Gasteiger partial charge in [0.25, 0.3) is 0 Å². The smallest absolute Gasteiger partial charge is 0.132 e. The molecule has 3 rings (SSSR count). The van der Waals surface area contributed by atoms with Gasteiger partial charge in [0.15, 0.2) is 0 Å². The van der Waals surface area contributed by atoms with Gasteiger partial charge in [-0.15, -0.1) is 0 Å². The van der Waals surface area contributed by atoms with Crippen LogP contribution in [0.5, 0.6) is 0 Å². The lowest BCUT2D eigenvalue weighted by Gasteiger charge is -2.28. The first-order chi connectivity index (χ1) is 8.66. The Morgan fingerprint density at radius 1 is 1.28 bits per heavy atom. The minimum atomic E-state index is 0.584. The van der Waals surface area contributed by atoms with E-state index in [9.17, 15) is 0 Å². The van der Waals surface area contributed by atoms with Gasteiger partial charge in [-0.1, -0.05) is 6.07 Å². The first-order valence-electron chi connectivity index (χ1n) is 6.49. The van der Waals surface area contributed by atoms with E-state index in [1.165, 1.54) is 43.0 Å². The fourth-order valence-corrected chi connectivity index (χ4v) is 3.32. The molecule has 96 valence electrons. The first kappa shape index (κ1) is 12.2. The fourth-order valence-electron chi connectivity index (χ4n) is 2.83. The molecular formula is C14H18BrN3. The van der Waals surface area contributed by atoms with Crippen molar-refractivity contribution in [3.8, 4) is 0 Å². The zero-order valence-electron chi connectivity index (χ0n) is 10.9. The van der Waals surface area contributed by atoms with Gasteiger partial charge in [-0.05, 0) is 68.0 Å². The Morgan fingerprint density at radius 2 is 2.00 bits per heavy atom. The second-order valence-corrected chi connectivity index (χ2v) is 5.98. The van der Waals surface area contributed by atoms with E-state index in [4.69, 9.17) is 4.98 Å². The topological polar surface area (TPSA) is 20.5 Å². The highest BCUT2D eigenvalue weighted by molar-refractivity contribution is 9.10. The number of fused-ring (bicyclic) bond motifs is 1. The number of halogens is 1. The van der Waals surface area contributed by atoms with Gasteiger partial charge in [-0.25, -0.2) is 4.98 Å². The summed E-state index contributed by atoms with van der Waals surface area (Å²) >= 11 is 3.59. The van der Waals surface area contributed by atoms with Gasteiger partial charge in [-0.2, -0.15) is 0 Å². The molecule has 4 heteroatoms. The number of nitrogens with zero attached hydrogens (tertiary/aromatic N) is 3. The van der Waals surface area contributed by atoms with Crippen molar-refractivity contribution in [2.45, 2.75) is 25.7 Å². The molecule has 18 heavy (non-hydrogen) atoms. The summed E-state index contributed by atoms with van der Waals surface area (Å²) in [5.74, 6) is 1.81. The Morgan fingerprint density at radius 3 is 2.72 bits per heavy atom. The monoisotopic (exact) mass is 307 g/mol. The number of rotatable bonds is 1. The molecule has 1 aliphatic rings. The van der Waals surface area contributed by atoms with Gasteiger partial charge in [-0.3, -0.25) is 4.40 Å². The lowest BCUT2D eigenvalue weighted by atomic mass is 9.96. The van der Waals surface area contributed by atoms with Crippen molar-refractivity contribution in [3.63, 3.8) is 0 Å². The number of aromatic nitrogens is 2. The summed E-state index contributed by atoms with van der Waals surface area (Å²) in [6.07, 6.45) is 2.41. The summed E-state index contributed by atoms with van der Waals surface area (Å²) in [6.45, 7) is 4.49. The second-order valence-electron chi connectivity index (χ2n) is 5.23. The van der Waals surface area contributed by atoms with E-state index in [1.807, 2.05) is 0 Å². The van der Waals surface area contributed by atoms with Gasteiger partial charge in [0.05, 0.1) is 5.52 Å². The average Bonchev–Trinajstić information content (AvgIpc) is 2.70. The highest BCUT2D eigenvalue weighted by Crippen LogP contribution is 2.31. The van der Waals surface area contributed by atoms with E-state index in [0.717, 1.165) is 4.60 Å². The van der Waals surface area contributed by atoms with Crippen LogP contribution >= 0.6 is 15.9 Å². The third-order valence-electron chi connectivity index (χ3n) is 3.92. The SMILES string of the molecule is Cc1cccc2c(Br)nc(C3CCN(C)CC3)n12. The molecule has 0 atom stereocenters. The van der Waals surface area contributed by atoms with Crippen LogP contribution in [-0.2, 0) is 0 Å². The molecule has 0 saturated carbocycles. The molecule has 0 spiro atoms. The van der Waals surface area contributed by atoms with Crippen LogP contribution in [0.3, 0.4) is 0 Å². The van der Waals surface area contributed by atoms with Gasteiger partial charge in [0.1, 0.15) is 10.4 Å². The number of imidazole rings is 1. The van der Waals surface area contributed by atoms with Crippen LogP contribution in [0.15, 0.2) is 22.8 Å². The quantitative estimate of drug-likeness (QED) is 0.806. The largest absolute Gasteiger partial charge is 0.306 e. The Balaban J connectivity index is 2.07. The highest BCUT2D eigenvalue weighted by atomic mass is 79.9. The van der Waals surface area contributed by atoms with Gasteiger partial charge >= 0.3 is 0 Å². The first-order valence-corrected chi connectivity index (χ1v) is 7.28. The molecule has 0 amide bonds. The van der Waals surface area contributed by atoms with E-state index >= 15 is 0 Å². The molecule has 3 heterocycles. The van der Waals surface area contributed by atoms with E-state index < -0.39 is 0 Å². The van der Waals surface area contributed by atoms with Crippen LogP contribution in [-0.4, -0.2) is 34.4 Å². The normalized spacial score (nSPS) is 18.6. The van der Waals surface area contributed by atoms with Crippen molar-refractivity contribution in [3.05, 3.63) is 34.3 Å². The summed E-state index contributed by atoms with van der Waals surface area (Å²) in [5, 5.41) is 0. The molecule has 0 radical (unpaired) electrons. The van der Waals surface area contributed by atoms with Crippen LogP contribution < -0.4 is 0 Å². The van der Waals surface area contributed by atoms with Crippen LogP contribution in [0, 0.1) is 6.92 Å². The minimum Gasteiger partial charge on any atom is -0.306 e. The van der Waals surface area contributed by atoms with Gasteiger partial charge in [0, 0.05) is 11.6 Å². The highest BCUT2D eigenvalue weighted by Gasteiger charge is 2.23. The summed E-state index contributed by atoms with van der Waals surface area (Å²) in [6, 6.07) is 6.37. The maximum atomic E-state index is 4.76. The minimum absolute atomic E-state index is 0.584. The molecule has 0 unspecified atom stereocenters. The summed E-state index contributed by atoms with van der Waals surface area (Å²) in [5.41, 5.74) is 2.45. The lowest BCUT2D eigenvalue weighted by Crippen LogP contribution is -2.30. The van der Waals surface area contributed by atoms with Crippen molar-refractivity contribution >= 4 is 21.4 Å². The number of piperidine rings is 1. The number of aryl methyl sites for hydroxylation is 1. The zero-order valence-corrected chi connectivity index (χ0v) is 12.4. The Kier molecular flexibility index (Phi) is 3.16. The van der Waals surface area contributed by atoms with E-state index in [-0.39, 0.29) is 0 Å². The maximum Gasteiger partial charge on any atom is 0.132 e. The molecule has 3 nitrogen and oxygen atoms in total. The Bertz CT molecular complexity index is 568. The van der Waals surface area contributed by atoms with Crippen LogP contribution in [0.4, 0.5) is 0 Å². The Hall–Kier alpha value is -0.870. The summed E-state index contributed by atoms with van der Waals surface area (Å²) in [7, 11) is 2.20. The van der Waals surface area contributed by atoms with Crippen molar-refractivity contribution in [1.82, 2.24) is 14.3 Å². The zero-order chi connectivity index (χ0) is 12.7. The third-order valence-corrected chi connectivity index (χ3v) is 4.51. The molecule has 1 saturated heterocycles. The Labute approximate surface area is 116 Å². The van der Waals surface area contributed by atoms with Gasteiger partial charge in [0.2, 0.25) is 0 Å². The van der Waals surface area contributed by atoms with E-state index in [2.05, 4.69) is 57.4 Å². The third kappa shape index (κ3) is 1.97. The maximum absolute atomic E-state index is 4.76. The fraction of sp³-hybridized carbons (Fsp3) is 0.500. The van der Waals surface area contributed by atoms with Gasteiger partial charge < -0.3 is 4.90 Å². The number of likely N-dealkylation sites (tertiary alicyclic amines) is 1. The average molecular weight is 308 g/mol. The number of pyridine rings is 1. The standard InChI is InChI=1S/C14H18BrN3/c1-10-4-3-5-12-13(15)16-14(18(10)12)11-6-8-17(2)9-7-11/h3-5,11H,6-9H2,1-2H3. The number of hydrogen-bond acceptors (Lipinski definition) is 2. The molecule has 1 fully saturated rings. The second kappa shape index (κ2) is 4.67. The predicted molar refractivity (Wildman–Crippen MR) is 77.1 cm³/mol. The van der Waals surface area contributed by atoms with E-state index in [0.29, 0.717) is 5.92 Å². The molecule has 0 N–H and O–H groups in total. The van der Waals surface area contributed by atoms with Crippen molar-refractivity contribution in [2.75, 3.05) is 20.1 Å². The van der Waals surface area contributed by atoms with Crippen molar-refractivity contribution in [1.29, 1.82) is 0 Å². The molecule has 0 aromatic carbocycles. The van der Waals surface area contributed by atoms with E-state index in [1.54, 1.807) is 0 Å². The molecule has 0 bridgehead atoms. The van der Waals surface area contributed by atoms with Crippen molar-refractivity contribution in [2.24, 2.45) is 0 Å². The van der Waals surface area contributed by atoms with Crippen LogP contribution in [0.1, 0.15) is 30.3 Å². The van der Waals surface area contributed by atoms with Crippen LogP contribution in [0.25, 0.3) is 5.52 Å². The summed E-state index contributed by atoms with van der Waals surface area (Å²) in [4.78, 5) is 7.16. The number of hydrogen-bond donors (Lipinski definition) is 0. The van der Waals surface area contributed by atoms with Crippen LogP contribution in [0.2, 0.25) is 0 Å². The molecule has 1 aliphatic heterocycles. The molecular weight excluding hydrogens is 290 g/mol.